The highest BCUT2D eigenvalue weighted by Gasteiger charge is 2.20. The van der Waals surface area contributed by atoms with Gasteiger partial charge in [0.1, 0.15) is 0 Å². The van der Waals surface area contributed by atoms with Gasteiger partial charge >= 0.3 is 0 Å². The molecule has 1 amide bonds. The molecule has 0 spiro atoms. The summed E-state index contributed by atoms with van der Waals surface area (Å²) in [5.74, 6) is 0.348. The van der Waals surface area contributed by atoms with Crippen molar-refractivity contribution in [2.24, 2.45) is 5.92 Å². The van der Waals surface area contributed by atoms with Crippen LogP contribution >= 0.6 is 0 Å². The third-order valence-corrected chi connectivity index (χ3v) is 7.37. The molecule has 1 saturated heterocycles. The minimum atomic E-state index is -0.0912. The van der Waals surface area contributed by atoms with Gasteiger partial charge in [-0.05, 0) is 68.1 Å². The van der Waals surface area contributed by atoms with Gasteiger partial charge in [0.15, 0.2) is 5.65 Å². The van der Waals surface area contributed by atoms with E-state index in [1.165, 1.54) is 18.4 Å². The highest BCUT2D eigenvalue weighted by Crippen LogP contribution is 2.27. The average molecular weight is 527 g/mol. The molecule has 39 heavy (non-hydrogen) atoms. The molecule has 8 nitrogen and oxygen atoms in total. The Kier molecular flexibility index (Phi) is 8.96. The summed E-state index contributed by atoms with van der Waals surface area (Å²) in [6.07, 6.45) is 9.65. The molecule has 0 atom stereocenters. The number of hydrogen-bond donors (Lipinski definition) is 1. The first-order valence-corrected chi connectivity index (χ1v) is 14.0. The first kappa shape index (κ1) is 27.0. The zero-order valence-electron chi connectivity index (χ0n) is 23.0. The van der Waals surface area contributed by atoms with Gasteiger partial charge in [-0.2, -0.15) is 5.10 Å². The summed E-state index contributed by atoms with van der Waals surface area (Å²) in [4.78, 5) is 25.2. The fourth-order valence-corrected chi connectivity index (χ4v) is 5.09. The standard InChI is InChI=1S/C31H38N6O2/c1-3-4-13-36(2)21-24-7-5-9-26(16-24)29-17-27(31(38)33-19-23-10-14-39-15-11-23)28-20-34-37(30(28)35-29)22-25-8-6-12-32-18-25/h5-9,12,16-18,20,23H,3-4,10-11,13-15,19,21-22H2,1-2H3,(H,33,38). The molecule has 4 heterocycles. The Hall–Kier alpha value is -3.62. The second kappa shape index (κ2) is 13.0. The van der Waals surface area contributed by atoms with E-state index in [4.69, 9.17) is 9.72 Å². The third kappa shape index (κ3) is 6.88. The quantitative estimate of drug-likeness (QED) is 0.298. The number of carbonyl (C=O) groups is 1. The van der Waals surface area contributed by atoms with E-state index in [9.17, 15) is 4.79 Å². The summed E-state index contributed by atoms with van der Waals surface area (Å²) < 4.78 is 7.33. The van der Waals surface area contributed by atoms with Gasteiger partial charge in [0.25, 0.3) is 5.91 Å². The van der Waals surface area contributed by atoms with E-state index in [1.807, 2.05) is 29.1 Å². The van der Waals surface area contributed by atoms with Crippen LogP contribution in [0.3, 0.4) is 0 Å². The fourth-order valence-electron chi connectivity index (χ4n) is 5.09. The number of hydrogen-bond acceptors (Lipinski definition) is 6. The SMILES string of the molecule is CCCCN(C)Cc1cccc(-c2cc(C(=O)NCC3CCOCC3)c3cnn(Cc4cccnc4)c3n2)c1. The molecular weight excluding hydrogens is 488 g/mol. The smallest absolute Gasteiger partial charge is 0.252 e. The number of nitrogens with one attached hydrogen (secondary N) is 1. The van der Waals surface area contributed by atoms with Crippen LogP contribution < -0.4 is 5.32 Å². The van der Waals surface area contributed by atoms with Crippen LogP contribution in [0.15, 0.2) is 61.1 Å². The van der Waals surface area contributed by atoms with Crippen LogP contribution in [0.5, 0.6) is 0 Å². The third-order valence-electron chi connectivity index (χ3n) is 7.37. The van der Waals surface area contributed by atoms with Crippen LogP contribution in [-0.2, 0) is 17.8 Å². The number of fused-ring (bicyclic) bond motifs is 1. The first-order chi connectivity index (χ1) is 19.1. The molecule has 0 unspecified atom stereocenters. The summed E-state index contributed by atoms with van der Waals surface area (Å²) in [5.41, 5.74) is 5.30. The number of rotatable bonds is 11. The summed E-state index contributed by atoms with van der Waals surface area (Å²) in [5, 5.41) is 8.56. The van der Waals surface area contributed by atoms with Crippen LogP contribution in [-0.4, -0.2) is 63.9 Å². The summed E-state index contributed by atoms with van der Waals surface area (Å²) in [7, 11) is 2.16. The lowest BCUT2D eigenvalue weighted by Gasteiger charge is -2.22. The van der Waals surface area contributed by atoms with E-state index in [-0.39, 0.29) is 5.91 Å². The number of carbonyl (C=O) groups excluding carboxylic acids is 1. The predicted molar refractivity (Wildman–Crippen MR) is 153 cm³/mol. The molecule has 204 valence electrons. The van der Waals surface area contributed by atoms with E-state index < -0.39 is 0 Å². The molecule has 0 bridgehead atoms. The van der Waals surface area contributed by atoms with Crippen molar-refractivity contribution in [2.75, 3.05) is 33.4 Å². The van der Waals surface area contributed by atoms with Gasteiger partial charge in [0, 0.05) is 44.3 Å². The zero-order valence-corrected chi connectivity index (χ0v) is 23.0. The maximum absolute atomic E-state index is 13.5. The molecular formula is C31H38N6O2. The Morgan fingerprint density at radius 3 is 2.77 bits per heavy atom. The highest BCUT2D eigenvalue weighted by atomic mass is 16.5. The van der Waals surface area contributed by atoms with Gasteiger partial charge in [-0.15, -0.1) is 0 Å². The van der Waals surface area contributed by atoms with Crippen LogP contribution in [0, 0.1) is 5.92 Å². The van der Waals surface area contributed by atoms with Gasteiger partial charge in [0.05, 0.1) is 29.4 Å². The van der Waals surface area contributed by atoms with Crippen LogP contribution in [0.25, 0.3) is 22.3 Å². The van der Waals surface area contributed by atoms with Crippen molar-refractivity contribution in [3.05, 3.63) is 77.7 Å². The first-order valence-electron chi connectivity index (χ1n) is 14.0. The molecule has 8 heteroatoms. The molecule has 1 fully saturated rings. The Bertz CT molecular complexity index is 1380. The Morgan fingerprint density at radius 2 is 1.97 bits per heavy atom. The second-order valence-electron chi connectivity index (χ2n) is 10.5. The fraction of sp³-hybridized carbons (Fsp3) is 0.419. The minimum Gasteiger partial charge on any atom is -0.381 e. The van der Waals surface area contributed by atoms with Crippen molar-refractivity contribution >= 4 is 16.9 Å². The molecule has 4 aromatic rings. The Morgan fingerprint density at radius 1 is 1.13 bits per heavy atom. The van der Waals surface area contributed by atoms with Gasteiger partial charge in [-0.25, -0.2) is 9.67 Å². The zero-order chi connectivity index (χ0) is 27.0. The van der Waals surface area contributed by atoms with Crippen molar-refractivity contribution in [3.63, 3.8) is 0 Å². The van der Waals surface area contributed by atoms with Gasteiger partial charge < -0.3 is 15.0 Å². The Labute approximate surface area is 230 Å². The molecule has 0 radical (unpaired) electrons. The van der Waals surface area contributed by atoms with E-state index in [2.05, 4.69) is 58.5 Å². The van der Waals surface area contributed by atoms with Crippen molar-refractivity contribution in [3.8, 4) is 11.3 Å². The number of aromatic nitrogens is 4. The normalized spacial score (nSPS) is 14.2. The van der Waals surface area contributed by atoms with Crippen LogP contribution in [0.2, 0.25) is 0 Å². The van der Waals surface area contributed by atoms with Crippen molar-refractivity contribution in [2.45, 2.75) is 45.7 Å². The highest BCUT2D eigenvalue weighted by molar-refractivity contribution is 6.06. The maximum atomic E-state index is 13.5. The molecule has 1 aromatic carbocycles. The average Bonchev–Trinajstić information content (AvgIpc) is 3.38. The number of unbranched alkanes of at least 4 members (excludes halogenated alkanes) is 1. The van der Waals surface area contributed by atoms with Gasteiger partial charge in [-0.3, -0.25) is 9.78 Å². The summed E-state index contributed by atoms with van der Waals surface area (Å²) >= 11 is 0. The Balaban J connectivity index is 1.48. The molecule has 0 aliphatic carbocycles. The van der Waals surface area contributed by atoms with Crippen LogP contribution in [0.4, 0.5) is 0 Å². The number of amides is 1. The lowest BCUT2D eigenvalue weighted by Crippen LogP contribution is -2.32. The topological polar surface area (TPSA) is 85.2 Å². The summed E-state index contributed by atoms with van der Waals surface area (Å²) in [6.45, 7) is 6.84. The van der Waals surface area contributed by atoms with E-state index in [0.29, 0.717) is 30.2 Å². The molecule has 0 saturated carbocycles. The minimum absolute atomic E-state index is 0.0912. The summed E-state index contributed by atoms with van der Waals surface area (Å²) in [6, 6.07) is 14.3. The van der Waals surface area contributed by atoms with E-state index in [1.54, 1.807) is 12.4 Å². The monoisotopic (exact) mass is 526 g/mol. The van der Waals surface area contributed by atoms with Crippen LogP contribution in [0.1, 0.15) is 54.1 Å². The second-order valence-corrected chi connectivity index (χ2v) is 10.5. The molecule has 5 rings (SSSR count). The number of pyridine rings is 2. The number of nitrogens with zero attached hydrogens (tertiary/aromatic N) is 5. The molecule has 3 aromatic heterocycles. The largest absolute Gasteiger partial charge is 0.381 e. The van der Waals surface area contributed by atoms with Gasteiger partial charge in [0.2, 0.25) is 0 Å². The molecule has 1 N–H and O–H groups in total. The lowest BCUT2D eigenvalue weighted by molar-refractivity contribution is 0.0643. The maximum Gasteiger partial charge on any atom is 0.252 e. The predicted octanol–water partition coefficient (Wildman–Crippen LogP) is 4.93. The lowest BCUT2D eigenvalue weighted by atomic mass is 10.00. The molecule has 1 aliphatic heterocycles. The number of ether oxygens (including phenoxy) is 1. The molecule has 1 aliphatic rings. The van der Waals surface area contributed by atoms with Crippen molar-refractivity contribution in [1.82, 2.24) is 30.0 Å². The van der Waals surface area contributed by atoms with Crippen molar-refractivity contribution in [1.29, 1.82) is 0 Å². The van der Waals surface area contributed by atoms with Gasteiger partial charge in [-0.1, -0.05) is 37.6 Å². The van der Waals surface area contributed by atoms with E-state index in [0.717, 1.165) is 61.4 Å². The van der Waals surface area contributed by atoms with E-state index >= 15 is 0 Å². The van der Waals surface area contributed by atoms with Crippen molar-refractivity contribution < 1.29 is 9.53 Å². The number of benzene rings is 1.